The van der Waals surface area contributed by atoms with Crippen LogP contribution in [0.4, 0.5) is 0 Å². The predicted octanol–water partition coefficient (Wildman–Crippen LogP) is 4.07. The fourth-order valence-electron chi connectivity index (χ4n) is 2.89. The van der Waals surface area contributed by atoms with E-state index in [-0.39, 0.29) is 5.91 Å². The number of aryl methyl sites for hydroxylation is 1. The summed E-state index contributed by atoms with van der Waals surface area (Å²) in [6.07, 6.45) is 4.23. The molecule has 0 saturated carbocycles. The molecule has 0 heterocycles. The topological polar surface area (TPSA) is 46.2 Å². The van der Waals surface area contributed by atoms with Gasteiger partial charge in [-0.25, -0.2) is 0 Å². The van der Waals surface area contributed by atoms with Gasteiger partial charge in [0.05, 0.1) is 6.04 Å². The Hall–Kier alpha value is -2.94. The number of fused-ring (bicyclic) bond motifs is 1. The van der Waals surface area contributed by atoms with E-state index >= 15 is 0 Å². The third-order valence-corrected chi connectivity index (χ3v) is 4.26. The second-order valence-electron chi connectivity index (χ2n) is 6.08. The third kappa shape index (κ3) is 4.54. The molecule has 3 rings (SSSR count). The van der Waals surface area contributed by atoms with Gasteiger partial charge in [-0.1, -0.05) is 60.7 Å². The summed E-state index contributed by atoms with van der Waals surface area (Å²) < 4.78 is 0. The van der Waals surface area contributed by atoms with Gasteiger partial charge in [0.1, 0.15) is 0 Å². The highest BCUT2D eigenvalue weighted by atomic mass is 16.2. The van der Waals surface area contributed by atoms with E-state index in [1.807, 2.05) is 60.9 Å². The van der Waals surface area contributed by atoms with Crippen molar-refractivity contribution in [2.45, 2.75) is 25.3 Å². The van der Waals surface area contributed by atoms with Crippen LogP contribution in [0.25, 0.3) is 10.8 Å². The lowest BCUT2D eigenvalue weighted by Crippen LogP contribution is -2.36. The van der Waals surface area contributed by atoms with Gasteiger partial charge >= 0.3 is 0 Å². The Morgan fingerprint density at radius 3 is 2.40 bits per heavy atom. The Morgan fingerprint density at radius 2 is 1.64 bits per heavy atom. The minimum atomic E-state index is -0.581. The summed E-state index contributed by atoms with van der Waals surface area (Å²) in [6.45, 7) is 0. The maximum absolute atomic E-state index is 12.4. The van der Waals surface area contributed by atoms with Gasteiger partial charge in [-0.2, -0.15) is 0 Å². The molecule has 0 spiro atoms. The molecule has 0 saturated heterocycles. The van der Waals surface area contributed by atoms with Gasteiger partial charge in [-0.05, 0) is 47.7 Å². The van der Waals surface area contributed by atoms with Crippen molar-refractivity contribution in [1.82, 2.24) is 5.32 Å². The van der Waals surface area contributed by atoms with E-state index in [0.717, 1.165) is 23.6 Å². The van der Waals surface area contributed by atoms with Crippen molar-refractivity contribution in [3.05, 3.63) is 83.9 Å². The highest BCUT2D eigenvalue weighted by molar-refractivity contribution is 5.99. The van der Waals surface area contributed by atoms with Gasteiger partial charge in [-0.3, -0.25) is 9.59 Å². The number of benzene rings is 3. The van der Waals surface area contributed by atoms with Gasteiger partial charge < -0.3 is 5.32 Å². The molecule has 3 aromatic carbocycles. The van der Waals surface area contributed by atoms with E-state index in [2.05, 4.69) is 17.4 Å². The summed E-state index contributed by atoms with van der Waals surface area (Å²) in [6, 6.07) is 22.9. The first-order valence-corrected chi connectivity index (χ1v) is 8.47. The van der Waals surface area contributed by atoms with Crippen LogP contribution in [0.15, 0.2) is 72.8 Å². The number of rotatable bonds is 7. The fourth-order valence-corrected chi connectivity index (χ4v) is 2.89. The molecule has 3 heteroatoms. The fraction of sp³-hybridized carbons (Fsp3) is 0.182. The SMILES string of the molecule is O=[C][C@@H](CCCc1ccccc1)NC(=O)c1ccc2ccccc2c1. The zero-order chi connectivity index (χ0) is 17.5. The lowest BCUT2D eigenvalue weighted by atomic mass is 10.0. The van der Waals surface area contributed by atoms with Crippen molar-refractivity contribution >= 4 is 23.0 Å². The molecule has 3 aromatic rings. The van der Waals surface area contributed by atoms with Crippen LogP contribution in [0.2, 0.25) is 0 Å². The highest BCUT2D eigenvalue weighted by Crippen LogP contribution is 2.16. The molecule has 0 fully saturated rings. The summed E-state index contributed by atoms with van der Waals surface area (Å²) in [5.74, 6) is -0.237. The first kappa shape index (κ1) is 16.9. The zero-order valence-electron chi connectivity index (χ0n) is 13.9. The molecular formula is C22H20NO2. The van der Waals surface area contributed by atoms with Crippen molar-refractivity contribution < 1.29 is 9.59 Å². The quantitative estimate of drug-likeness (QED) is 0.710. The van der Waals surface area contributed by atoms with Crippen molar-refractivity contribution in [3.8, 4) is 0 Å². The van der Waals surface area contributed by atoms with E-state index < -0.39 is 6.04 Å². The maximum atomic E-state index is 12.4. The Morgan fingerprint density at radius 1 is 0.920 bits per heavy atom. The number of carbonyl (C=O) groups is 1. The number of hydrogen-bond donors (Lipinski definition) is 1. The number of nitrogens with one attached hydrogen (secondary N) is 1. The van der Waals surface area contributed by atoms with Crippen LogP contribution < -0.4 is 5.32 Å². The second kappa shape index (κ2) is 8.25. The third-order valence-electron chi connectivity index (χ3n) is 4.26. The summed E-state index contributed by atoms with van der Waals surface area (Å²) >= 11 is 0. The predicted molar refractivity (Wildman–Crippen MR) is 100 cm³/mol. The highest BCUT2D eigenvalue weighted by Gasteiger charge is 2.14. The summed E-state index contributed by atoms with van der Waals surface area (Å²) in [7, 11) is 0. The second-order valence-corrected chi connectivity index (χ2v) is 6.08. The number of carbonyl (C=O) groups excluding carboxylic acids is 2. The lowest BCUT2D eigenvalue weighted by Gasteiger charge is -2.12. The van der Waals surface area contributed by atoms with E-state index in [4.69, 9.17) is 0 Å². The van der Waals surface area contributed by atoms with Crippen molar-refractivity contribution in [3.63, 3.8) is 0 Å². The minimum absolute atomic E-state index is 0.237. The normalized spacial score (nSPS) is 11.8. The van der Waals surface area contributed by atoms with Crippen LogP contribution in [-0.2, 0) is 11.2 Å². The Balaban J connectivity index is 1.58. The molecule has 1 atom stereocenters. The van der Waals surface area contributed by atoms with Crippen LogP contribution in [0.3, 0.4) is 0 Å². The molecule has 0 aliphatic carbocycles. The van der Waals surface area contributed by atoms with Crippen molar-refractivity contribution in [2.24, 2.45) is 0 Å². The van der Waals surface area contributed by atoms with Gasteiger partial charge in [0.25, 0.3) is 5.91 Å². The number of amides is 1. The lowest BCUT2D eigenvalue weighted by molar-refractivity contribution is 0.0945. The zero-order valence-corrected chi connectivity index (χ0v) is 13.9. The smallest absolute Gasteiger partial charge is 0.251 e. The molecule has 0 aromatic heterocycles. The Bertz CT molecular complexity index is 858. The van der Waals surface area contributed by atoms with Crippen LogP contribution in [0.1, 0.15) is 28.8 Å². The van der Waals surface area contributed by atoms with Gasteiger partial charge in [-0.15, -0.1) is 0 Å². The standard InChI is InChI=1S/C22H20NO2/c24-16-21(12-6-9-17-7-2-1-3-8-17)23-22(25)20-14-13-18-10-4-5-11-19(18)15-20/h1-5,7-8,10-11,13-15,21H,6,9,12H2,(H,23,25)/t21-/m1/s1. The molecular weight excluding hydrogens is 310 g/mol. The Labute approximate surface area is 147 Å². The number of hydrogen-bond acceptors (Lipinski definition) is 2. The van der Waals surface area contributed by atoms with E-state index in [0.29, 0.717) is 12.0 Å². The average Bonchev–Trinajstić information content (AvgIpc) is 2.67. The first-order valence-electron chi connectivity index (χ1n) is 8.47. The summed E-state index contributed by atoms with van der Waals surface area (Å²) in [4.78, 5) is 23.6. The van der Waals surface area contributed by atoms with E-state index in [9.17, 15) is 9.59 Å². The molecule has 0 aliphatic heterocycles. The Kier molecular flexibility index (Phi) is 5.57. The molecule has 0 unspecified atom stereocenters. The summed E-state index contributed by atoms with van der Waals surface area (Å²) in [5, 5.41) is 4.86. The monoisotopic (exact) mass is 330 g/mol. The summed E-state index contributed by atoms with van der Waals surface area (Å²) in [5.41, 5.74) is 1.79. The van der Waals surface area contributed by atoms with E-state index in [1.165, 1.54) is 5.56 Å². The molecule has 25 heavy (non-hydrogen) atoms. The average molecular weight is 330 g/mol. The van der Waals surface area contributed by atoms with E-state index in [1.54, 1.807) is 6.07 Å². The van der Waals surface area contributed by atoms with Crippen LogP contribution in [0.5, 0.6) is 0 Å². The largest absolute Gasteiger partial charge is 0.342 e. The molecule has 0 bridgehead atoms. The molecule has 1 N–H and O–H groups in total. The molecule has 1 radical (unpaired) electrons. The van der Waals surface area contributed by atoms with Gasteiger partial charge in [0.2, 0.25) is 6.29 Å². The minimum Gasteiger partial charge on any atom is -0.342 e. The molecule has 1 amide bonds. The van der Waals surface area contributed by atoms with Gasteiger partial charge in [0, 0.05) is 5.56 Å². The van der Waals surface area contributed by atoms with Crippen LogP contribution in [-0.4, -0.2) is 18.2 Å². The molecule has 0 aliphatic rings. The first-order chi connectivity index (χ1) is 12.3. The molecule has 3 nitrogen and oxygen atoms in total. The maximum Gasteiger partial charge on any atom is 0.251 e. The van der Waals surface area contributed by atoms with Gasteiger partial charge in [0.15, 0.2) is 0 Å². The van der Waals surface area contributed by atoms with Crippen LogP contribution in [0, 0.1) is 0 Å². The van der Waals surface area contributed by atoms with Crippen LogP contribution >= 0.6 is 0 Å². The van der Waals surface area contributed by atoms with Crippen molar-refractivity contribution in [2.75, 3.05) is 0 Å². The van der Waals surface area contributed by atoms with Crippen molar-refractivity contribution in [1.29, 1.82) is 0 Å². The molecule has 125 valence electrons.